The molecule has 0 fully saturated rings. The van der Waals surface area contributed by atoms with Gasteiger partial charge in [0.15, 0.2) is 0 Å². The first-order valence-electron chi connectivity index (χ1n) is 10.00. The van der Waals surface area contributed by atoms with Gasteiger partial charge in [-0.25, -0.2) is 0 Å². The summed E-state index contributed by atoms with van der Waals surface area (Å²) in [6.45, 7) is 8.75. The SMILES string of the molecule is CC(C)NCCC1CNc2c1ccc1c2CN(C)CC1c1ccccc1. The van der Waals surface area contributed by atoms with Gasteiger partial charge in [-0.05, 0) is 42.3 Å². The van der Waals surface area contributed by atoms with Crippen LogP contribution >= 0.6 is 0 Å². The zero-order chi connectivity index (χ0) is 18.1. The molecule has 26 heavy (non-hydrogen) atoms. The van der Waals surface area contributed by atoms with E-state index in [0.29, 0.717) is 17.9 Å². The summed E-state index contributed by atoms with van der Waals surface area (Å²) in [5.41, 5.74) is 7.41. The van der Waals surface area contributed by atoms with Gasteiger partial charge in [0.2, 0.25) is 0 Å². The van der Waals surface area contributed by atoms with Crippen LogP contribution in [0.2, 0.25) is 0 Å². The molecule has 0 aromatic heterocycles. The first kappa shape index (κ1) is 17.6. The van der Waals surface area contributed by atoms with Gasteiger partial charge < -0.3 is 15.5 Å². The quantitative estimate of drug-likeness (QED) is 0.849. The Labute approximate surface area is 157 Å². The number of nitrogens with one attached hydrogen (secondary N) is 2. The fraction of sp³-hybridized carbons (Fsp3) is 0.478. The molecule has 0 saturated heterocycles. The van der Waals surface area contributed by atoms with E-state index in [9.17, 15) is 0 Å². The Bertz CT molecular complexity index is 754. The van der Waals surface area contributed by atoms with Gasteiger partial charge in [-0.15, -0.1) is 0 Å². The lowest BCUT2D eigenvalue weighted by molar-refractivity contribution is 0.296. The molecule has 3 nitrogen and oxygen atoms in total. The Kier molecular flexibility index (Phi) is 5.01. The number of fused-ring (bicyclic) bond motifs is 3. The third-order valence-electron chi connectivity index (χ3n) is 5.89. The number of hydrogen-bond donors (Lipinski definition) is 2. The minimum Gasteiger partial charge on any atom is -0.384 e. The first-order chi connectivity index (χ1) is 12.6. The molecule has 2 aliphatic heterocycles. The lowest BCUT2D eigenvalue weighted by Gasteiger charge is -2.34. The largest absolute Gasteiger partial charge is 0.384 e. The molecule has 138 valence electrons. The Morgan fingerprint density at radius 3 is 2.65 bits per heavy atom. The van der Waals surface area contributed by atoms with E-state index in [0.717, 1.165) is 26.2 Å². The molecule has 2 unspecified atom stereocenters. The van der Waals surface area contributed by atoms with Crippen molar-refractivity contribution < 1.29 is 0 Å². The smallest absolute Gasteiger partial charge is 0.0425 e. The summed E-state index contributed by atoms with van der Waals surface area (Å²) in [7, 11) is 2.25. The third-order valence-corrected chi connectivity index (χ3v) is 5.89. The summed E-state index contributed by atoms with van der Waals surface area (Å²) in [5.74, 6) is 1.10. The number of likely N-dealkylation sites (N-methyl/N-ethyl adjacent to an activating group) is 1. The van der Waals surface area contributed by atoms with Crippen molar-refractivity contribution in [3.63, 3.8) is 0 Å². The van der Waals surface area contributed by atoms with Gasteiger partial charge in [0.25, 0.3) is 0 Å². The van der Waals surface area contributed by atoms with Crippen LogP contribution in [0.3, 0.4) is 0 Å². The normalized spacial score (nSPS) is 22.2. The van der Waals surface area contributed by atoms with Crippen LogP contribution in [0.1, 0.15) is 54.4 Å². The maximum Gasteiger partial charge on any atom is 0.0425 e. The van der Waals surface area contributed by atoms with E-state index in [1.165, 1.54) is 34.4 Å². The molecule has 2 aromatic rings. The highest BCUT2D eigenvalue weighted by Gasteiger charge is 2.31. The standard InChI is InChI=1S/C23H31N3/c1-16(2)24-12-11-18-13-25-23-19(18)9-10-20-21(14-26(3)15-22(20)23)17-7-5-4-6-8-17/h4-10,16,18,21,24-25H,11-15H2,1-3H3. The molecule has 2 N–H and O–H groups in total. The van der Waals surface area contributed by atoms with Crippen LogP contribution in [-0.4, -0.2) is 37.6 Å². The predicted molar refractivity (Wildman–Crippen MR) is 110 cm³/mol. The van der Waals surface area contributed by atoms with Crippen molar-refractivity contribution in [2.24, 2.45) is 0 Å². The molecule has 0 amide bonds. The Morgan fingerprint density at radius 1 is 1.12 bits per heavy atom. The summed E-state index contributed by atoms with van der Waals surface area (Å²) in [5, 5.41) is 7.32. The molecule has 0 radical (unpaired) electrons. The van der Waals surface area contributed by atoms with E-state index >= 15 is 0 Å². The number of anilines is 1. The van der Waals surface area contributed by atoms with Crippen molar-refractivity contribution in [3.05, 3.63) is 64.7 Å². The van der Waals surface area contributed by atoms with Gasteiger partial charge in [0.05, 0.1) is 0 Å². The predicted octanol–water partition coefficient (Wildman–Crippen LogP) is 4.16. The Balaban J connectivity index is 1.63. The number of hydrogen-bond acceptors (Lipinski definition) is 3. The van der Waals surface area contributed by atoms with Gasteiger partial charge in [-0.1, -0.05) is 56.3 Å². The zero-order valence-corrected chi connectivity index (χ0v) is 16.3. The van der Waals surface area contributed by atoms with Crippen LogP contribution in [0.4, 0.5) is 5.69 Å². The van der Waals surface area contributed by atoms with Crippen LogP contribution in [0.5, 0.6) is 0 Å². The zero-order valence-electron chi connectivity index (χ0n) is 16.3. The van der Waals surface area contributed by atoms with E-state index in [4.69, 9.17) is 0 Å². The van der Waals surface area contributed by atoms with E-state index in [1.807, 2.05) is 0 Å². The van der Waals surface area contributed by atoms with Crippen LogP contribution in [-0.2, 0) is 6.54 Å². The maximum atomic E-state index is 3.75. The van der Waals surface area contributed by atoms with Crippen LogP contribution in [0, 0.1) is 0 Å². The van der Waals surface area contributed by atoms with Crippen LogP contribution in [0.15, 0.2) is 42.5 Å². The highest BCUT2D eigenvalue weighted by Crippen LogP contribution is 2.43. The fourth-order valence-electron chi connectivity index (χ4n) is 4.58. The number of nitrogens with zero attached hydrogens (tertiary/aromatic N) is 1. The van der Waals surface area contributed by atoms with Crippen LogP contribution < -0.4 is 10.6 Å². The number of benzene rings is 2. The lowest BCUT2D eigenvalue weighted by Crippen LogP contribution is -2.31. The molecular formula is C23H31N3. The molecule has 4 rings (SSSR count). The molecule has 0 spiro atoms. The monoisotopic (exact) mass is 349 g/mol. The fourth-order valence-corrected chi connectivity index (χ4v) is 4.58. The van der Waals surface area contributed by atoms with Crippen LogP contribution in [0.25, 0.3) is 0 Å². The van der Waals surface area contributed by atoms with Crippen molar-refractivity contribution in [1.29, 1.82) is 0 Å². The third kappa shape index (κ3) is 3.38. The molecule has 2 aliphatic rings. The highest BCUT2D eigenvalue weighted by molar-refractivity contribution is 5.67. The molecule has 2 aromatic carbocycles. The lowest BCUT2D eigenvalue weighted by atomic mass is 9.82. The average Bonchev–Trinajstić information content (AvgIpc) is 3.05. The van der Waals surface area contributed by atoms with Gasteiger partial charge in [-0.3, -0.25) is 0 Å². The van der Waals surface area contributed by atoms with Crippen molar-refractivity contribution in [1.82, 2.24) is 10.2 Å². The Morgan fingerprint density at radius 2 is 1.88 bits per heavy atom. The topological polar surface area (TPSA) is 27.3 Å². The van der Waals surface area contributed by atoms with E-state index in [2.05, 4.69) is 78.9 Å². The summed E-state index contributed by atoms with van der Waals surface area (Å²) in [4.78, 5) is 2.47. The molecule has 3 heteroatoms. The first-order valence-corrected chi connectivity index (χ1v) is 10.00. The number of rotatable bonds is 5. The second kappa shape index (κ2) is 7.42. The maximum absolute atomic E-state index is 3.75. The van der Waals surface area contributed by atoms with Crippen molar-refractivity contribution in [2.45, 2.75) is 44.7 Å². The van der Waals surface area contributed by atoms with E-state index in [-0.39, 0.29) is 0 Å². The summed E-state index contributed by atoms with van der Waals surface area (Å²) >= 11 is 0. The summed E-state index contributed by atoms with van der Waals surface area (Å²) in [6.07, 6.45) is 1.20. The molecular weight excluding hydrogens is 318 g/mol. The minimum absolute atomic E-state index is 0.471. The van der Waals surface area contributed by atoms with Crippen molar-refractivity contribution in [3.8, 4) is 0 Å². The van der Waals surface area contributed by atoms with Gasteiger partial charge in [0, 0.05) is 43.2 Å². The van der Waals surface area contributed by atoms with Gasteiger partial charge in [-0.2, -0.15) is 0 Å². The van der Waals surface area contributed by atoms with E-state index in [1.54, 1.807) is 0 Å². The molecule has 0 saturated carbocycles. The van der Waals surface area contributed by atoms with Gasteiger partial charge >= 0.3 is 0 Å². The van der Waals surface area contributed by atoms with Crippen molar-refractivity contribution in [2.75, 3.05) is 32.0 Å². The Hall–Kier alpha value is -1.84. The average molecular weight is 350 g/mol. The molecule has 0 bridgehead atoms. The van der Waals surface area contributed by atoms with E-state index < -0.39 is 0 Å². The van der Waals surface area contributed by atoms with Gasteiger partial charge in [0.1, 0.15) is 0 Å². The highest BCUT2D eigenvalue weighted by atomic mass is 15.1. The summed E-state index contributed by atoms with van der Waals surface area (Å²) < 4.78 is 0. The second-order valence-electron chi connectivity index (χ2n) is 8.23. The molecule has 0 aliphatic carbocycles. The second-order valence-corrected chi connectivity index (χ2v) is 8.23. The molecule has 2 heterocycles. The summed E-state index contributed by atoms with van der Waals surface area (Å²) in [6, 6.07) is 16.3. The van der Waals surface area contributed by atoms with Crippen molar-refractivity contribution >= 4 is 5.69 Å². The molecule has 2 atom stereocenters. The minimum atomic E-state index is 0.471.